The maximum Gasteiger partial charge on any atom is 0.226 e. The average Bonchev–Trinajstić information content (AvgIpc) is 3.46. The lowest BCUT2D eigenvalue weighted by Crippen LogP contribution is -2.53. The van der Waals surface area contributed by atoms with Gasteiger partial charge in [0.05, 0.1) is 42.7 Å². The molecule has 0 bridgehead atoms. The minimum absolute atomic E-state index is 0.0454. The summed E-state index contributed by atoms with van der Waals surface area (Å²) in [6.45, 7) is 10.5. The zero-order chi connectivity index (χ0) is 31.4. The van der Waals surface area contributed by atoms with E-state index in [1.807, 2.05) is 56.1 Å². The first-order chi connectivity index (χ1) is 20.0. The van der Waals surface area contributed by atoms with Gasteiger partial charge in [-0.15, -0.1) is 0 Å². The first kappa shape index (κ1) is 35.4. The highest BCUT2D eigenvalue weighted by Gasteiger charge is 2.42. The van der Waals surface area contributed by atoms with Gasteiger partial charge in [0.25, 0.3) is 0 Å². The third kappa shape index (κ3) is 9.63. The Morgan fingerprint density at radius 1 is 1.07 bits per heavy atom. The number of likely N-dealkylation sites (N-methyl/N-ethyl adjacent to an activating group) is 1. The van der Waals surface area contributed by atoms with E-state index in [0.29, 0.717) is 25.8 Å². The van der Waals surface area contributed by atoms with Gasteiger partial charge in [0, 0.05) is 34.2 Å². The molecule has 3 amide bonds. The van der Waals surface area contributed by atoms with Crippen LogP contribution in [0, 0.1) is 17.8 Å². The van der Waals surface area contributed by atoms with E-state index in [9.17, 15) is 19.2 Å². The molecule has 2 rings (SSSR count). The molecule has 0 aromatic heterocycles. The molecular formula is C33H53N3O6. The molecular weight excluding hydrogens is 534 g/mol. The quantitative estimate of drug-likeness (QED) is 0.278. The maximum absolute atomic E-state index is 13.8. The van der Waals surface area contributed by atoms with E-state index in [0.717, 1.165) is 24.7 Å². The lowest BCUT2D eigenvalue weighted by atomic mass is 9.90. The molecule has 1 aromatic carbocycles. The number of methoxy groups -OCH3 is 2. The summed E-state index contributed by atoms with van der Waals surface area (Å²) in [5.41, 5.74) is 0.957. The Kier molecular flexibility index (Phi) is 14.6. The predicted octanol–water partition coefficient (Wildman–Crippen LogP) is 3.88. The van der Waals surface area contributed by atoms with Crippen molar-refractivity contribution >= 4 is 24.0 Å². The summed E-state index contributed by atoms with van der Waals surface area (Å²) in [6, 6.07) is 8.35. The molecule has 7 atom stereocenters. The van der Waals surface area contributed by atoms with E-state index >= 15 is 0 Å². The van der Waals surface area contributed by atoms with Crippen LogP contribution in [0.1, 0.15) is 72.3 Å². The predicted molar refractivity (Wildman–Crippen MR) is 164 cm³/mol. The second-order valence-electron chi connectivity index (χ2n) is 12.2. The molecule has 42 heavy (non-hydrogen) atoms. The van der Waals surface area contributed by atoms with E-state index < -0.39 is 24.2 Å². The zero-order valence-corrected chi connectivity index (χ0v) is 26.9. The van der Waals surface area contributed by atoms with Gasteiger partial charge in [-0.05, 0) is 36.7 Å². The zero-order valence-electron chi connectivity index (χ0n) is 26.9. The van der Waals surface area contributed by atoms with Gasteiger partial charge in [-0.1, -0.05) is 71.4 Å². The molecule has 1 heterocycles. The van der Waals surface area contributed by atoms with Crippen molar-refractivity contribution < 1.29 is 28.7 Å². The molecule has 0 aliphatic carbocycles. The molecule has 9 heteroatoms. The fraction of sp³-hybridized carbons (Fsp3) is 0.697. The summed E-state index contributed by atoms with van der Waals surface area (Å²) in [4.78, 5) is 55.4. The van der Waals surface area contributed by atoms with Gasteiger partial charge in [-0.3, -0.25) is 14.4 Å². The van der Waals surface area contributed by atoms with Crippen molar-refractivity contribution in [3.63, 3.8) is 0 Å². The summed E-state index contributed by atoms with van der Waals surface area (Å²) >= 11 is 0. The topological polar surface area (TPSA) is 105 Å². The van der Waals surface area contributed by atoms with Gasteiger partial charge in [-0.2, -0.15) is 0 Å². The van der Waals surface area contributed by atoms with E-state index in [2.05, 4.69) is 19.2 Å². The van der Waals surface area contributed by atoms with Crippen LogP contribution in [0.5, 0.6) is 0 Å². The lowest BCUT2D eigenvalue weighted by molar-refractivity contribution is -0.146. The number of carbonyl (C=O) groups excluding carboxylic acids is 4. The number of likely N-dealkylation sites (tertiary alicyclic amines) is 1. The fourth-order valence-electron chi connectivity index (χ4n) is 6.13. The van der Waals surface area contributed by atoms with Crippen molar-refractivity contribution in [2.24, 2.45) is 17.8 Å². The largest absolute Gasteiger partial charge is 0.379 e. The Hall–Kier alpha value is -2.78. The minimum Gasteiger partial charge on any atom is -0.379 e. The van der Waals surface area contributed by atoms with Crippen LogP contribution in [0.25, 0.3) is 0 Å². The van der Waals surface area contributed by atoms with Gasteiger partial charge < -0.3 is 29.4 Å². The Balaban J connectivity index is 2.15. The standard InChI is InChI=1S/C33H53N3O6/c1-9-23(4)31(35(6)29(38)18-22(2)3)28(41-7)20-30(39)36-17-13-16-27(36)32(42-8)24(5)33(40)34-26(21-37)19-25-14-11-10-12-15-25/h10-12,14-15,21-24,26-28,31-32H,9,13,16-20H2,1-8H3,(H,34,40). The number of hydrogen-bond donors (Lipinski definition) is 1. The van der Waals surface area contributed by atoms with E-state index in [1.54, 1.807) is 26.0 Å². The van der Waals surface area contributed by atoms with Crippen LogP contribution >= 0.6 is 0 Å². The third-order valence-electron chi connectivity index (χ3n) is 8.68. The molecule has 1 aliphatic rings. The summed E-state index contributed by atoms with van der Waals surface area (Å²) in [6.07, 6.45) is 3.07. The van der Waals surface area contributed by atoms with Gasteiger partial charge in [0.1, 0.15) is 6.29 Å². The summed E-state index contributed by atoms with van der Waals surface area (Å²) in [7, 11) is 4.96. The second-order valence-corrected chi connectivity index (χ2v) is 12.2. The summed E-state index contributed by atoms with van der Waals surface area (Å²) < 4.78 is 11.7. The molecule has 1 aromatic rings. The molecule has 1 N–H and O–H groups in total. The van der Waals surface area contributed by atoms with Crippen molar-refractivity contribution in [3.05, 3.63) is 35.9 Å². The Bertz CT molecular complexity index is 1000. The summed E-state index contributed by atoms with van der Waals surface area (Å²) in [5.74, 6) is -0.536. The lowest BCUT2D eigenvalue weighted by Gasteiger charge is -2.39. The maximum atomic E-state index is 13.8. The molecule has 9 nitrogen and oxygen atoms in total. The summed E-state index contributed by atoms with van der Waals surface area (Å²) in [5, 5.41) is 2.86. The first-order valence-corrected chi connectivity index (χ1v) is 15.4. The van der Waals surface area contributed by atoms with Crippen LogP contribution in [-0.2, 0) is 35.1 Å². The van der Waals surface area contributed by atoms with Gasteiger partial charge in [-0.25, -0.2) is 0 Å². The molecule has 1 fully saturated rings. The van der Waals surface area contributed by atoms with Crippen molar-refractivity contribution in [3.8, 4) is 0 Å². The molecule has 0 saturated carbocycles. The van der Waals surface area contributed by atoms with Gasteiger partial charge in [0.2, 0.25) is 17.7 Å². The monoisotopic (exact) mass is 587 g/mol. The number of aldehydes is 1. The highest BCUT2D eigenvalue weighted by Crippen LogP contribution is 2.29. The molecule has 1 aliphatic heterocycles. The highest BCUT2D eigenvalue weighted by atomic mass is 16.5. The number of amides is 3. The smallest absolute Gasteiger partial charge is 0.226 e. The molecule has 1 saturated heterocycles. The van der Waals surface area contributed by atoms with Crippen molar-refractivity contribution in [1.82, 2.24) is 15.1 Å². The number of nitrogens with one attached hydrogen (secondary N) is 1. The Labute approximate surface area is 252 Å². The minimum atomic E-state index is -0.656. The van der Waals surface area contributed by atoms with Crippen molar-refractivity contribution in [2.75, 3.05) is 27.8 Å². The Morgan fingerprint density at radius 3 is 2.29 bits per heavy atom. The molecule has 7 unspecified atom stereocenters. The van der Waals surface area contributed by atoms with E-state index in [-0.39, 0.29) is 48.1 Å². The van der Waals surface area contributed by atoms with Crippen LogP contribution < -0.4 is 5.32 Å². The SMILES string of the molecule is CCC(C)C(C(CC(=O)N1CCCC1C(OC)C(C)C(=O)NC(C=O)Cc1ccccc1)OC)N(C)C(=O)CC(C)C. The van der Waals surface area contributed by atoms with Crippen LogP contribution in [-0.4, -0.2) is 92.0 Å². The van der Waals surface area contributed by atoms with Crippen LogP contribution in [0.15, 0.2) is 30.3 Å². The third-order valence-corrected chi connectivity index (χ3v) is 8.68. The van der Waals surface area contributed by atoms with Crippen molar-refractivity contribution in [2.45, 2.75) is 103 Å². The first-order valence-electron chi connectivity index (χ1n) is 15.4. The molecule has 236 valence electrons. The van der Waals surface area contributed by atoms with Crippen LogP contribution in [0.2, 0.25) is 0 Å². The molecule has 0 spiro atoms. The molecule has 0 radical (unpaired) electrons. The number of ether oxygens (including phenoxy) is 2. The fourth-order valence-corrected chi connectivity index (χ4v) is 6.13. The van der Waals surface area contributed by atoms with Crippen molar-refractivity contribution in [1.29, 1.82) is 0 Å². The normalized spacial score (nSPS) is 19.5. The highest BCUT2D eigenvalue weighted by molar-refractivity contribution is 5.83. The van der Waals surface area contributed by atoms with E-state index in [4.69, 9.17) is 9.47 Å². The number of benzene rings is 1. The Morgan fingerprint density at radius 2 is 1.74 bits per heavy atom. The number of nitrogens with zero attached hydrogens (tertiary/aromatic N) is 2. The van der Waals surface area contributed by atoms with Crippen LogP contribution in [0.3, 0.4) is 0 Å². The van der Waals surface area contributed by atoms with Gasteiger partial charge >= 0.3 is 0 Å². The number of carbonyl (C=O) groups is 4. The van der Waals surface area contributed by atoms with E-state index in [1.165, 1.54) is 0 Å². The van der Waals surface area contributed by atoms with Gasteiger partial charge in [0.15, 0.2) is 0 Å². The average molecular weight is 588 g/mol. The number of rotatable bonds is 17. The second kappa shape index (κ2) is 17.4. The number of hydrogen-bond acceptors (Lipinski definition) is 6. The van der Waals surface area contributed by atoms with Crippen LogP contribution in [0.4, 0.5) is 0 Å².